The van der Waals surface area contributed by atoms with E-state index in [4.69, 9.17) is 14.2 Å². The van der Waals surface area contributed by atoms with E-state index in [-0.39, 0.29) is 12.1 Å². The lowest BCUT2D eigenvalue weighted by molar-refractivity contribution is 0.152. The van der Waals surface area contributed by atoms with Crippen molar-refractivity contribution in [1.82, 2.24) is 5.32 Å². The van der Waals surface area contributed by atoms with E-state index in [1.54, 1.807) is 7.11 Å². The highest BCUT2D eigenvalue weighted by molar-refractivity contribution is 5.55. The number of fused-ring (bicyclic) bond motifs is 1. The van der Waals surface area contributed by atoms with Gasteiger partial charge in [-0.05, 0) is 110 Å². The molecule has 0 aromatic heterocycles. The van der Waals surface area contributed by atoms with Crippen molar-refractivity contribution in [1.29, 1.82) is 0 Å². The van der Waals surface area contributed by atoms with Crippen LogP contribution in [0.5, 0.6) is 17.2 Å². The number of nitrogens with one attached hydrogen (secondary N) is 1. The summed E-state index contributed by atoms with van der Waals surface area (Å²) in [7, 11) is 1.71. The van der Waals surface area contributed by atoms with Crippen molar-refractivity contribution in [3.8, 4) is 17.2 Å². The zero-order chi connectivity index (χ0) is 28.7. The van der Waals surface area contributed by atoms with Crippen molar-refractivity contribution in [2.24, 2.45) is 0 Å². The molecule has 0 amide bonds. The fourth-order valence-corrected chi connectivity index (χ4v) is 6.33. The van der Waals surface area contributed by atoms with Crippen molar-refractivity contribution in [3.63, 3.8) is 0 Å². The number of benzene rings is 4. The highest BCUT2D eigenvalue weighted by Crippen LogP contribution is 2.38. The predicted molar refractivity (Wildman–Crippen MR) is 170 cm³/mol. The highest BCUT2D eigenvalue weighted by Gasteiger charge is 2.28. The molecule has 2 aliphatic rings. The van der Waals surface area contributed by atoms with Gasteiger partial charge in [0.2, 0.25) is 0 Å². The van der Waals surface area contributed by atoms with Crippen molar-refractivity contribution in [2.75, 3.05) is 25.1 Å². The second-order valence-corrected chi connectivity index (χ2v) is 11.5. The van der Waals surface area contributed by atoms with E-state index >= 15 is 0 Å². The molecule has 2 heterocycles. The highest BCUT2D eigenvalue weighted by atomic mass is 16.5. The van der Waals surface area contributed by atoms with Gasteiger partial charge in [0.05, 0.1) is 13.2 Å². The molecule has 4 aromatic carbocycles. The van der Waals surface area contributed by atoms with Gasteiger partial charge in [0.15, 0.2) is 0 Å². The van der Waals surface area contributed by atoms with Gasteiger partial charge in [0.25, 0.3) is 0 Å². The molecule has 5 nitrogen and oxygen atoms in total. The summed E-state index contributed by atoms with van der Waals surface area (Å²) in [5.74, 6) is 2.74. The number of methoxy groups -OCH3 is 1. The maximum atomic E-state index is 6.34. The normalized spacial score (nSPS) is 19.0. The average molecular weight is 563 g/mol. The Morgan fingerprint density at radius 1 is 0.833 bits per heavy atom. The average Bonchev–Trinajstić information content (AvgIpc) is 3.05. The Balaban J connectivity index is 1.21. The van der Waals surface area contributed by atoms with Gasteiger partial charge in [0.1, 0.15) is 30.0 Å². The molecule has 2 aliphatic heterocycles. The van der Waals surface area contributed by atoms with Crippen LogP contribution < -0.4 is 24.4 Å². The number of nitrogens with zero attached hydrogens (tertiary/aromatic N) is 1. The van der Waals surface area contributed by atoms with Crippen LogP contribution >= 0.6 is 0 Å². The monoisotopic (exact) mass is 562 g/mol. The van der Waals surface area contributed by atoms with E-state index in [1.807, 2.05) is 6.07 Å². The van der Waals surface area contributed by atoms with Crippen molar-refractivity contribution in [2.45, 2.75) is 63.8 Å². The smallest absolute Gasteiger partial charge is 0.120 e. The zero-order valence-corrected chi connectivity index (χ0v) is 24.8. The minimum Gasteiger partial charge on any atom is -0.497 e. The van der Waals surface area contributed by atoms with Gasteiger partial charge < -0.3 is 24.4 Å². The predicted octanol–water partition coefficient (Wildman–Crippen LogP) is 7.53. The standard InChI is InChI=1S/C37H42N2O3/c1-27(36-10-6-7-22-38-36)42-33-15-11-28(12-16-33)24-37-35-20-19-34(41-26-29-8-4-3-5-9-29)25-30(35)21-23-39(37)31-13-17-32(40-2)18-14-31/h3-5,8-9,11-20,25,27,36-38H,6-7,10,21-24,26H2,1-2H3. The molecule has 1 saturated heterocycles. The van der Waals surface area contributed by atoms with Crippen molar-refractivity contribution >= 4 is 5.69 Å². The lowest BCUT2D eigenvalue weighted by atomic mass is 9.88. The maximum Gasteiger partial charge on any atom is 0.120 e. The SMILES string of the molecule is COc1ccc(N2CCc3cc(OCc4ccccc4)ccc3C2Cc2ccc(OC(C)C3CCCCN3)cc2)cc1. The summed E-state index contributed by atoms with van der Waals surface area (Å²) in [6.07, 6.45) is 5.76. The summed E-state index contributed by atoms with van der Waals surface area (Å²) >= 11 is 0. The topological polar surface area (TPSA) is 43.0 Å². The van der Waals surface area contributed by atoms with Gasteiger partial charge in [-0.2, -0.15) is 0 Å². The molecule has 218 valence electrons. The summed E-state index contributed by atoms with van der Waals surface area (Å²) in [5, 5.41) is 3.61. The van der Waals surface area contributed by atoms with Crippen LogP contribution in [0.2, 0.25) is 0 Å². The molecule has 3 unspecified atom stereocenters. The van der Waals surface area contributed by atoms with Gasteiger partial charge >= 0.3 is 0 Å². The Bertz CT molecular complexity index is 1420. The minimum atomic E-state index is 0.158. The third-order valence-corrected chi connectivity index (χ3v) is 8.71. The molecular weight excluding hydrogens is 520 g/mol. The maximum absolute atomic E-state index is 6.34. The summed E-state index contributed by atoms with van der Waals surface area (Å²) in [4.78, 5) is 2.54. The summed E-state index contributed by atoms with van der Waals surface area (Å²) in [6.45, 7) is 4.79. The van der Waals surface area contributed by atoms with Crippen molar-refractivity contribution in [3.05, 3.63) is 119 Å². The largest absolute Gasteiger partial charge is 0.497 e. The van der Waals surface area contributed by atoms with E-state index in [2.05, 4.69) is 108 Å². The van der Waals surface area contributed by atoms with Crippen LogP contribution in [0.4, 0.5) is 5.69 Å². The molecule has 4 aromatic rings. The summed E-state index contributed by atoms with van der Waals surface area (Å²) in [6, 6.07) is 34.8. The van der Waals surface area contributed by atoms with Crippen LogP contribution in [-0.2, 0) is 19.4 Å². The van der Waals surface area contributed by atoms with E-state index < -0.39 is 0 Å². The summed E-state index contributed by atoms with van der Waals surface area (Å²) < 4.78 is 18.0. The van der Waals surface area contributed by atoms with Crippen LogP contribution in [0.3, 0.4) is 0 Å². The number of rotatable bonds is 10. The van der Waals surface area contributed by atoms with E-state index in [1.165, 1.54) is 47.2 Å². The van der Waals surface area contributed by atoms with Crippen LogP contribution in [0.25, 0.3) is 0 Å². The van der Waals surface area contributed by atoms with E-state index in [9.17, 15) is 0 Å². The first kappa shape index (κ1) is 28.2. The van der Waals surface area contributed by atoms with Crippen LogP contribution in [0, 0.1) is 0 Å². The summed E-state index contributed by atoms with van der Waals surface area (Å²) in [5.41, 5.74) is 6.41. The molecule has 0 radical (unpaired) electrons. The van der Waals surface area contributed by atoms with E-state index in [0.29, 0.717) is 12.6 Å². The Hall–Kier alpha value is -3.96. The molecule has 42 heavy (non-hydrogen) atoms. The number of hydrogen-bond donors (Lipinski definition) is 1. The molecule has 1 fully saturated rings. The third-order valence-electron chi connectivity index (χ3n) is 8.71. The van der Waals surface area contributed by atoms with Gasteiger partial charge in [0, 0.05) is 18.3 Å². The number of anilines is 1. The Labute approximate surface area is 250 Å². The van der Waals surface area contributed by atoms with Crippen LogP contribution in [-0.4, -0.2) is 32.3 Å². The number of ether oxygens (including phenoxy) is 3. The van der Waals surface area contributed by atoms with Gasteiger partial charge in [-0.3, -0.25) is 0 Å². The first-order valence-corrected chi connectivity index (χ1v) is 15.4. The fourth-order valence-electron chi connectivity index (χ4n) is 6.33. The molecule has 3 atom stereocenters. The van der Waals surface area contributed by atoms with Gasteiger partial charge in [-0.25, -0.2) is 0 Å². The van der Waals surface area contributed by atoms with E-state index in [0.717, 1.165) is 43.2 Å². The second-order valence-electron chi connectivity index (χ2n) is 11.5. The second kappa shape index (κ2) is 13.3. The number of piperidine rings is 1. The zero-order valence-electron chi connectivity index (χ0n) is 24.8. The minimum absolute atomic E-state index is 0.158. The molecule has 0 bridgehead atoms. The third kappa shape index (κ3) is 6.74. The molecule has 0 saturated carbocycles. The van der Waals surface area contributed by atoms with Gasteiger partial charge in [-0.1, -0.05) is 55.0 Å². The Morgan fingerprint density at radius 2 is 1.60 bits per heavy atom. The van der Waals surface area contributed by atoms with Crippen LogP contribution in [0.1, 0.15) is 54.5 Å². The molecule has 1 N–H and O–H groups in total. The molecule has 0 aliphatic carbocycles. The quantitative estimate of drug-likeness (QED) is 0.216. The lowest BCUT2D eigenvalue weighted by Crippen LogP contribution is -2.44. The molecular formula is C37H42N2O3. The Kier molecular flexibility index (Phi) is 8.95. The van der Waals surface area contributed by atoms with Gasteiger partial charge in [-0.15, -0.1) is 0 Å². The lowest BCUT2D eigenvalue weighted by Gasteiger charge is -2.39. The fraction of sp³-hybridized carbons (Fsp3) is 0.351. The molecule has 5 heteroatoms. The van der Waals surface area contributed by atoms with Crippen molar-refractivity contribution < 1.29 is 14.2 Å². The number of hydrogen-bond acceptors (Lipinski definition) is 5. The first-order chi connectivity index (χ1) is 20.7. The molecule has 6 rings (SSSR count). The van der Waals surface area contributed by atoms with Crippen LogP contribution in [0.15, 0.2) is 97.1 Å². The first-order valence-electron chi connectivity index (χ1n) is 15.4. The molecule has 0 spiro atoms. The Morgan fingerprint density at radius 3 is 2.33 bits per heavy atom.